The molecule has 3 rings (SSSR count). The van der Waals surface area contributed by atoms with Gasteiger partial charge in [0.05, 0.1) is 24.0 Å². The molecule has 0 aliphatic carbocycles. The third-order valence-corrected chi connectivity index (χ3v) is 4.92. The highest BCUT2D eigenvalue weighted by molar-refractivity contribution is 6.29. The molecule has 6 nitrogen and oxygen atoms in total. The summed E-state index contributed by atoms with van der Waals surface area (Å²) in [5.74, 6) is -0.0953. The number of carbonyl (C=O) groups excluding carboxylic acids is 1. The third kappa shape index (κ3) is 5.47. The van der Waals surface area contributed by atoms with Crippen molar-refractivity contribution in [2.24, 2.45) is 0 Å². The molecular formula is C22H21ClF3N5O. The maximum absolute atomic E-state index is 13.2. The fourth-order valence-electron chi connectivity index (χ4n) is 3.22. The summed E-state index contributed by atoms with van der Waals surface area (Å²) >= 11 is 5.87. The molecule has 0 radical (unpaired) electrons. The Morgan fingerprint density at radius 1 is 1.22 bits per heavy atom. The van der Waals surface area contributed by atoms with E-state index in [4.69, 9.17) is 17.3 Å². The molecular weight excluding hydrogens is 443 g/mol. The van der Waals surface area contributed by atoms with E-state index in [9.17, 15) is 18.0 Å². The lowest BCUT2D eigenvalue weighted by Gasteiger charge is -2.24. The van der Waals surface area contributed by atoms with E-state index < -0.39 is 17.6 Å². The van der Waals surface area contributed by atoms with Gasteiger partial charge in [0, 0.05) is 23.5 Å². The average Bonchev–Trinajstić information content (AvgIpc) is 2.73. The van der Waals surface area contributed by atoms with Gasteiger partial charge < -0.3 is 16.0 Å². The van der Waals surface area contributed by atoms with Crippen molar-refractivity contribution in [2.45, 2.75) is 26.1 Å². The second-order valence-corrected chi connectivity index (χ2v) is 7.47. The summed E-state index contributed by atoms with van der Waals surface area (Å²) in [5, 5.41) is 3.42. The lowest BCUT2D eigenvalue weighted by Crippen LogP contribution is -2.31. The highest BCUT2D eigenvalue weighted by Gasteiger charge is 2.32. The Labute approximate surface area is 188 Å². The highest BCUT2D eigenvalue weighted by Crippen LogP contribution is 2.32. The number of nitrogens with two attached hydrogens (primary N) is 1. The van der Waals surface area contributed by atoms with Gasteiger partial charge in [-0.1, -0.05) is 23.7 Å². The van der Waals surface area contributed by atoms with Gasteiger partial charge in [0.15, 0.2) is 0 Å². The van der Waals surface area contributed by atoms with Crippen LogP contribution in [0.5, 0.6) is 0 Å². The second kappa shape index (κ2) is 9.44. The fourth-order valence-corrected chi connectivity index (χ4v) is 3.36. The van der Waals surface area contributed by atoms with Crippen molar-refractivity contribution in [1.29, 1.82) is 0 Å². The standard InChI is InChI=1S/C22H21ClF3N5O/c1-3-31(21(32)15-7-16(22(24,25)26)10-17(27)8-15)18-6-4-5-14(9-18)13(2)29-20-12-28-11-19(23)30-20/h4-13H,3,27H2,1-2H3,(H,29,30)/t13-/m0/s1. The fraction of sp³-hybridized carbons (Fsp3) is 0.227. The number of nitrogen functional groups attached to an aromatic ring is 1. The number of aromatic nitrogens is 2. The number of carbonyl (C=O) groups is 1. The van der Waals surface area contributed by atoms with E-state index >= 15 is 0 Å². The third-order valence-electron chi connectivity index (χ3n) is 4.74. The van der Waals surface area contributed by atoms with Gasteiger partial charge in [-0.15, -0.1) is 0 Å². The van der Waals surface area contributed by atoms with Crippen molar-refractivity contribution in [3.63, 3.8) is 0 Å². The number of benzene rings is 2. The molecule has 3 N–H and O–H groups in total. The first-order valence-electron chi connectivity index (χ1n) is 9.72. The van der Waals surface area contributed by atoms with Crippen LogP contribution < -0.4 is 16.0 Å². The molecule has 32 heavy (non-hydrogen) atoms. The van der Waals surface area contributed by atoms with E-state index in [1.807, 2.05) is 13.0 Å². The van der Waals surface area contributed by atoms with Crippen molar-refractivity contribution in [2.75, 3.05) is 22.5 Å². The first kappa shape index (κ1) is 23.3. The lowest BCUT2D eigenvalue weighted by atomic mass is 10.1. The second-order valence-electron chi connectivity index (χ2n) is 7.08. The zero-order valence-electron chi connectivity index (χ0n) is 17.3. The molecule has 1 aromatic heterocycles. The van der Waals surface area contributed by atoms with Crippen LogP contribution in [-0.4, -0.2) is 22.4 Å². The smallest absolute Gasteiger partial charge is 0.399 e. The van der Waals surface area contributed by atoms with E-state index in [1.165, 1.54) is 23.4 Å². The van der Waals surface area contributed by atoms with Crippen LogP contribution >= 0.6 is 11.6 Å². The van der Waals surface area contributed by atoms with Crippen LogP contribution in [0.2, 0.25) is 5.15 Å². The first-order valence-corrected chi connectivity index (χ1v) is 10.1. The number of anilines is 3. The molecule has 0 unspecified atom stereocenters. The quantitative estimate of drug-likeness (QED) is 0.467. The Bertz CT molecular complexity index is 1120. The van der Waals surface area contributed by atoms with Gasteiger partial charge in [0.1, 0.15) is 11.0 Å². The molecule has 168 valence electrons. The van der Waals surface area contributed by atoms with Gasteiger partial charge in [-0.05, 0) is 49.7 Å². The minimum atomic E-state index is -4.61. The molecule has 2 aromatic carbocycles. The average molecular weight is 464 g/mol. The van der Waals surface area contributed by atoms with Crippen LogP contribution in [0.3, 0.4) is 0 Å². The Morgan fingerprint density at radius 2 is 1.97 bits per heavy atom. The predicted octanol–water partition coefficient (Wildman–Crippen LogP) is 5.57. The SMILES string of the molecule is CCN(C(=O)c1cc(N)cc(C(F)(F)F)c1)c1cccc([C@H](C)Nc2cncc(Cl)n2)c1. The van der Waals surface area contributed by atoms with Gasteiger partial charge >= 0.3 is 6.18 Å². The molecule has 10 heteroatoms. The van der Waals surface area contributed by atoms with Crippen molar-refractivity contribution < 1.29 is 18.0 Å². The summed E-state index contributed by atoms with van der Waals surface area (Å²) < 4.78 is 39.5. The normalized spacial score (nSPS) is 12.3. The van der Waals surface area contributed by atoms with Crippen molar-refractivity contribution >= 4 is 34.7 Å². The number of alkyl halides is 3. The molecule has 0 saturated carbocycles. The zero-order valence-corrected chi connectivity index (χ0v) is 18.1. The molecule has 0 fully saturated rings. The topological polar surface area (TPSA) is 84.1 Å². The van der Waals surface area contributed by atoms with Crippen LogP contribution in [0.25, 0.3) is 0 Å². The maximum Gasteiger partial charge on any atom is 0.416 e. The Hall–Kier alpha value is -3.33. The molecule has 1 amide bonds. The Morgan fingerprint density at radius 3 is 2.62 bits per heavy atom. The minimum Gasteiger partial charge on any atom is -0.399 e. The summed E-state index contributed by atoms with van der Waals surface area (Å²) in [5.41, 5.74) is 5.76. The van der Waals surface area contributed by atoms with Crippen molar-refractivity contribution in [3.8, 4) is 0 Å². The summed E-state index contributed by atoms with van der Waals surface area (Å²) in [6.45, 7) is 3.89. The van der Waals surface area contributed by atoms with Gasteiger partial charge in [-0.25, -0.2) is 4.98 Å². The van der Waals surface area contributed by atoms with Crippen LogP contribution in [0.4, 0.5) is 30.4 Å². The van der Waals surface area contributed by atoms with E-state index in [0.717, 1.165) is 17.7 Å². The van der Waals surface area contributed by atoms with Crippen LogP contribution in [0.1, 0.15) is 41.4 Å². The predicted molar refractivity (Wildman–Crippen MR) is 119 cm³/mol. The van der Waals surface area contributed by atoms with E-state index in [2.05, 4.69) is 15.3 Å². The summed E-state index contributed by atoms with van der Waals surface area (Å²) in [6.07, 6.45) is -1.65. The van der Waals surface area contributed by atoms with E-state index in [-0.39, 0.29) is 29.0 Å². The first-order chi connectivity index (χ1) is 15.1. The van der Waals surface area contributed by atoms with E-state index in [1.54, 1.807) is 25.1 Å². The maximum atomic E-state index is 13.2. The Balaban J connectivity index is 1.88. The van der Waals surface area contributed by atoms with Gasteiger partial charge in [0.2, 0.25) is 0 Å². The summed E-state index contributed by atoms with van der Waals surface area (Å²) in [4.78, 5) is 22.6. The van der Waals surface area contributed by atoms with E-state index in [0.29, 0.717) is 11.5 Å². The largest absolute Gasteiger partial charge is 0.416 e. The molecule has 0 bridgehead atoms. The van der Waals surface area contributed by atoms with Crippen LogP contribution in [0, 0.1) is 0 Å². The molecule has 1 heterocycles. The lowest BCUT2D eigenvalue weighted by molar-refractivity contribution is -0.137. The minimum absolute atomic E-state index is 0.131. The summed E-state index contributed by atoms with van der Waals surface area (Å²) in [7, 11) is 0. The van der Waals surface area contributed by atoms with Crippen molar-refractivity contribution in [3.05, 3.63) is 76.7 Å². The number of amides is 1. The number of hydrogen-bond acceptors (Lipinski definition) is 5. The molecule has 0 aliphatic rings. The van der Waals surface area contributed by atoms with Gasteiger partial charge in [-0.2, -0.15) is 13.2 Å². The van der Waals surface area contributed by atoms with Crippen LogP contribution in [-0.2, 0) is 6.18 Å². The highest BCUT2D eigenvalue weighted by atomic mass is 35.5. The number of rotatable bonds is 6. The molecule has 0 aliphatic heterocycles. The molecule has 0 spiro atoms. The van der Waals surface area contributed by atoms with Gasteiger partial charge in [0.25, 0.3) is 5.91 Å². The molecule has 3 aromatic rings. The number of nitrogens with zero attached hydrogens (tertiary/aromatic N) is 3. The molecule has 0 saturated heterocycles. The summed E-state index contributed by atoms with van der Waals surface area (Å²) in [6, 6.07) is 9.78. The van der Waals surface area contributed by atoms with Gasteiger partial charge in [-0.3, -0.25) is 9.78 Å². The zero-order chi connectivity index (χ0) is 23.5. The number of nitrogens with one attached hydrogen (secondary N) is 1. The van der Waals surface area contributed by atoms with Crippen molar-refractivity contribution in [1.82, 2.24) is 9.97 Å². The number of hydrogen-bond donors (Lipinski definition) is 2. The monoisotopic (exact) mass is 463 g/mol. The number of halogens is 4. The van der Waals surface area contributed by atoms with Crippen LogP contribution in [0.15, 0.2) is 54.9 Å². The Kier molecular flexibility index (Phi) is 6.88. The molecule has 1 atom stereocenters.